The van der Waals surface area contributed by atoms with E-state index in [1.165, 1.54) is 0 Å². The fourth-order valence-corrected chi connectivity index (χ4v) is 1.18. The first kappa shape index (κ1) is 7.82. The van der Waals surface area contributed by atoms with Crippen LogP contribution >= 0.6 is 27.5 Å². The van der Waals surface area contributed by atoms with E-state index in [0.29, 0.717) is 10.8 Å². The Bertz CT molecular complexity index is 212. The van der Waals surface area contributed by atoms with Crippen LogP contribution in [0.2, 0.25) is 5.02 Å². The molecule has 0 radical (unpaired) electrons. The molecule has 0 aromatic carbocycles. The van der Waals surface area contributed by atoms with Gasteiger partial charge in [0.1, 0.15) is 5.82 Å². The van der Waals surface area contributed by atoms with Crippen molar-refractivity contribution in [2.24, 2.45) is 0 Å². The number of anilines is 1. The molecule has 0 bridgehead atoms. The zero-order valence-corrected chi connectivity index (χ0v) is 7.70. The molecule has 0 amide bonds. The number of nitrogens with zero attached hydrogens (tertiary/aromatic N) is 1. The Kier molecular flexibility index (Phi) is 2.16. The smallest absolute Gasteiger partial charge is 0.138 e. The largest absolute Gasteiger partial charge is 0.383 e. The summed E-state index contributed by atoms with van der Waals surface area (Å²) < 4.78 is 0.739. The standard InChI is InChI=1S/C6H6BrClN2/c1-3-5(8)2-4(7)6(9)10-3/h2H,1H3,(H2,9,10). The highest BCUT2D eigenvalue weighted by atomic mass is 79.9. The Hall–Kier alpha value is -0.280. The minimum atomic E-state index is 0.474. The van der Waals surface area contributed by atoms with Crippen LogP contribution in [0.1, 0.15) is 5.69 Å². The van der Waals surface area contributed by atoms with Crippen molar-refractivity contribution in [2.75, 3.05) is 5.73 Å². The number of halogens is 2. The molecule has 54 valence electrons. The molecule has 0 aliphatic heterocycles. The van der Waals surface area contributed by atoms with E-state index in [-0.39, 0.29) is 0 Å². The first-order valence-corrected chi connectivity index (χ1v) is 3.86. The molecule has 4 heteroatoms. The average Bonchev–Trinajstić information content (AvgIpc) is 1.84. The summed E-state index contributed by atoms with van der Waals surface area (Å²) in [6.07, 6.45) is 0. The minimum Gasteiger partial charge on any atom is -0.383 e. The maximum Gasteiger partial charge on any atom is 0.138 e. The fraction of sp³-hybridized carbons (Fsp3) is 0.167. The molecule has 0 atom stereocenters. The number of hydrogen-bond acceptors (Lipinski definition) is 2. The minimum absolute atomic E-state index is 0.474. The van der Waals surface area contributed by atoms with Gasteiger partial charge in [-0.15, -0.1) is 0 Å². The Morgan fingerprint density at radius 3 is 2.80 bits per heavy atom. The van der Waals surface area contributed by atoms with E-state index in [1.807, 2.05) is 6.92 Å². The van der Waals surface area contributed by atoms with Crippen molar-refractivity contribution in [3.63, 3.8) is 0 Å². The first-order chi connectivity index (χ1) is 4.61. The monoisotopic (exact) mass is 220 g/mol. The Labute approximate surface area is 72.5 Å². The van der Waals surface area contributed by atoms with Gasteiger partial charge in [-0.3, -0.25) is 0 Å². The number of pyridine rings is 1. The third-order valence-electron chi connectivity index (χ3n) is 1.13. The normalized spacial score (nSPS) is 9.90. The van der Waals surface area contributed by atoms with E-state index in [9.17, 15) is 0 Å². The van der Waals surface area contributed by atoms with Crippen LogP contribution < -0.4 is 5.73 Å². The average molecular weight is 221 g/mol. The highest BCUT2D eigenvalue weighted by Crippen LogP contribution is 2.23. The molecule has 1 rings (SSSR count). The Morgan fingerprint density at radius 1 is 1.70 bits per heavy atom. The summed E-state index contributed by atoms with van der Waals surface area (Å²) in [5.41, 5.74) is 6.23. The van der Waals surface area contributed by atoms with Crippen LogP contribution in [0.5, 0.6) is 0 Å². The summed E-state index contributed by atoms with van der Waals surface area (Å²) in [5.74, 6) is 0.474. The molecule has 2 N–H and O–H groups in total. The van der Waals surface area contributed by atoms with Gasteiger partial charge < -0.3 is 5.73 Å². The van der Waals surface area contributed by atoms with E-state index in [4.69, 9.17) is 17.3 Å². The molecular formula is C6H6BrClN2. The number of aryl methyl sites for hydroxylation is 1. The lowest BCUT2D eigenvalue weighted by molar-refractivity contribution is 1.20. The summed E-state index contributed by atoms with van der Waals surface area (Å²) in [5, 5.41) is 0.626. The van der Waals surface area contributed by atoms with Crippen molar-refractivity contribution in [3.05, 3.63) is 21.3 Å². The molecule has 1 aromatic rings. The van der Waals surface area contributed by atoms with E-state index >= 15 is 0 Å². The molecule has 0 aliphatic rings. The predicted molar refractivity (Wildman–Crippen MR) is 46.1 cm³/mol. The third-order valence-corrected chi connectivity index (χ3v) is 2.15. The number of nitrogens with two attached hydrogens (primary N) is 1. The highest BCUT2D eigenvalue weighted by Gasteiger charge is 2.00. The van der Waals surface area contributed by atoms with Crippen molar-refractivity contribution in [1.82, 2.24) is 4.98 Å². The molecular weight excluding hydrogens is 215 g/mol. The molecule has 1 heterocycles. The van der Waals surface area contributed by atoms with Crippen LogP contribution in [-0.4, -0.2) is 4.98 Å². The molecule has 0 unspecified atom stereocenters. The topological polar surface area (TPSA) is 38.9 Å². The van der Waals surface area contributed by atoms with Crippen LogP contribution in [0.25, 0.3) is 0 Å². The van der Waals surface area contributed by atoms with Crippen molar-refractivity contribution < 1.29 is 0 Å². The van der Waals surface area contributed by atoms with Crippen LogP contribution in [0, 0.1) is 6.92 Å². The van der Waals surface area contributed by atoms with Gasteiger partial charge in [-0.25, -0.2) is 4.98 Å². The van der Waals surface area contributed by atoms with Crippen LogP contribution in [-0.2, 0) is 0 Å². The molecule has 10 heavy (non-hydrogen) atoms. The Balaban J connectivity index is 3.28. The highest BCUT2D eigenvalue weighted by molar-refractivity contribution is 9.10. The third kappa shape index (κ3) is 1.41. The second kappa shape index (κ2) is 2.76. The van der Waals surface area contributed by atoms with Crippen LogP contribution in [0.15, 0.2) is 10.5 Å². The second-order valence-corrected chi connectivity index (χ2v) is 3.18. The van der Waals surface area contributed by atoms with E-state index in [2.05, 4.69) is 20.9 Å². The first-order valence-electron chi connectivity index (χ1n) is 2.69. The predicted octanol–water partition coefficient (Wildman–Crippen LogP) is 2.39. The van der Waals surface area contributed by atoms with Crippen molar-refractivity contribution in [2.45, 2.75) is 6.92 Å². The zero-order chi connectivity index (χ0) is 7.72. The van der Waals surface area contributed by atoms with Crippen molar-refractivity contribution in [1.29, 1.82) is 0 Å². The van der Waals surface area contributed by atoms with Gasteiger partial charge >= 0.3 is 0 Å². The lowest BCUT2D eigenvalue weighted by Gasteiger charge is -1.99. The van der Waals surface area contributed by atoms with Crippen molar-refractivity contribution >= 4 is 33.3 Å². The lowest BCUT2D eigenvalue weighted by Crippen LogP contribution is -1.93. The van der Waals surface area contributed by atoms with E-state index < -0.39 is 0 Å². The number of hydrogen-bond donors (Lipinski definition) is 1. The molecule has 0 saturated carbocycles. The SMILES string of the molecule is Cc1nc(N)c(Br)cc1Cl. The van der Waals surface area contributed by atoms with Gasteiger partial charge in [0.2, 0.25) is 0 Å². The van der Waals surface area contributed by atoms with Crippen LogP contribution in [0.4, 0.5) is 5.82 Å². The molecule has 0 spiro atoms. The van der Waals surface area contributed by atoms with Gasteiger partial charge in [0, 0.05) is 0 Å². The molecule has 0 saturated heterocycles. The van der Waals surface area contributed by atoms with Gasteiger partial charge in [0.05, 0.1) is 15.2 Å². The summed E-state index contributed by atoms with van der Waals surface area (Å²) in [6, 6.07) is 1.74. The molecule has 2 nitrogen and oxygen atoms in total. The number of nitrogen functional groups attached to an aromatic ring is 1. The second-order valence-electron chi connectivity index (χ2n) is 1.92. The van der Waals surface area contributed by atoms with Gasteiger partial charge in [-0.1, -0.05) is 11.6 Å². The van der Waals surface area contributed by atoms with Gasteiger partial charge in [0.15, 0.2) is 0 Å². The van der Waals surface area contributed by atoms with Crippen LogP contribution in [0.3, 0.4) is 0 Å². The molecule has 1 aromatic heterocycles. The summed E-state index contributed by atoms with van der Waals surface area (Å²) in [6.45, 7) is 1.81. The lowest BCUT2D eigenvalue weighted by atomic mass is 10.4. The zero-order valence-electron chi connectivity index (χ0n) is 5.36. The van der Waals surface area contributed by atoms with Gasteiger partial charge in [-0.05, 0) is 28.9 Å². The quantitative estimate of drug-likeness (QED) is 0.731. The van der Waals surface area contributed by atoms with Gasteiger partial charge in [-0.2, -0.15) is 0 Å². The summed E-state index contributed by atoms with van der Waals surface area (Å²) in [4.78, 5) is 3.97. The fourth-order valence-electron chi connectivity index (χ4n) is 0.577. The maximum atomic E-state index is 5.74. The molecule has 0 aliphatic carbocycles. The van der Waals surface area contributed by atoms with Gasteiger partial charge in [0.25, 0.3) is 0 Å². The Morgan fingerprint density at radius 2 is 2.30 bits per heavy atom. The number of rotatable bonds is 0. The molecule has 0 fully saturated rings. The van der Waals surface area contributed by atoms with E-state index in [1.54, 1.807) is 6.07 Å². The maximum absolute atomic E-state index is 5.74. The van der Waals surface area contributed by atoms with Crippen molar-refractivity contribution in [3.8, 4) is 0 Å². The summed E-state index contributed by atoms with van der Waals surface area (Å²) >= 11 is 8.95. The van der Waals surface area contributed by atoms with E-state index in [0.717, 1.165) is 10.2 Å². The summed E-state index contributed by atoms with van der Waals surface area (Å²) in [7, 11) is 0. The number of aromatic nitrogens is 1.